The summed E-state index contributed by atoms with van der Waals surface area (Å²) in [5.74, 6) is 1.38. The van der Waals surface area contributed by atoms with Gasteiger partial charge in [-0.1, -0.05) is 17.2 Å². The van der Waals surface area contributed by atoms with E-state index >= 15 is 0 Å². The number of hydrogen-bond donors (Lipinski definition) is 1. The van der Waals surface area contributed by atoms with E-state index < -0.39 is 0 Å². The fourth-order valence-corrected chi connectivity index (χ4v) is 2.18. The van der Waals surface area contributed by atoms with Gasteiger partial charge in [0.2, 0.25) is 0 Å². The molecule has 0 spiro atoms. The summed E-state index contributed by atoms with van der Waals surface area (Å²) in [7, 11) is 0. The Balaban J connectivity index is 2.06. The average molecular weight is 251 g/mol. The van der Waals surface area contributed by atoms with Crippen molar-refractivity contribution < 1.29 is 9.52 Å². The summed E-state index contributed by atoms with van der Waals surface area (Å²) in [5.41, 5.74) is 2.56. The van der Waals surface area contributed by atoms with Gasteiger partial charge in [0.1, 0.15) is 5.75 Å². The minimum Gasteiger partial charge on any atom is -0.508 e. The summed E-state index contributed by atoms with van der Waals surface area (Å²) in [6.07, 6.45) is 0. The zero-order chi connectivity index (χ0) is 12.8. The Bertz CT molecular complexity index is 875. The molecule has 0 saturated carbocycles. The molecule has 0 fully saturated rings. The van der Waals surface area contributed by atoms with Crippen molar-refractivity contribution in [2.75, 3.05) is 0 Å². The fourth-order valence-electron chi connectivity index (χ4n) is 2.18. The highest BCUT2D eigenvalue weighted by molar-refractivity contribution is 5.79. The Morgan fingerprint density at radius 2 is 1.74 bits per heavy atom. The van der Waals surface area contributed by atoms with Gasteiger partial charge >= 0.3 is 5.84 Å². The molecule has 19 heavy (non-hydrogen) atoms. The maximum absolute atomic E-state index is 9.34. The van der Waals surface area contributed by atoms with Crippen molar-refractivity contribution >= 4 is 16.9 Å². The lowest BCUT2D eigenvalue weighted by atomic mass is 10.2. The smallest absolute Gasteiger partial charge is 0.327 e. The monoisotopic (exact) mass is 251 g/mol. The molecule has 0 atom stereocenters. The molecule has 0 radical (unpaired) electrons. The first-order valence-corrected chi connectivity index (χ1v) is 5.85. The number of rotatable bonds is 1. The third-order valence-corrected chi connectivity index (χ3v) is 3.07. The molecule has 2 heterocycles. The summed E-state index contributed by atoms with van der Waals surface area (Å²) in [5, 5.41) is 17.5. The van der Waals surface area contributed by atoms with Crippen molar-refractivity contribution in [1.82, 2.24) is 14.6 Å². The Labute approximate surface area is 107 Å². The van der Waals surface area contributed by atoms with Gasteiger partial charge in [0, 0.05) is 5.56 Å². The van der Waals surface area contributed by atoms with Crippen LogP contribution < -0.4 is 0 Å². The third-order valence-electron chi connectivity index (χ3n) is 3.07. The summed E-state index contributed by atoms with van der Waals surface area (Å²) < 4.78 is 7.48. The lowest BCUT2D eigenvalue weighted by Crippen LogP contribution is -1.87. The van der Waals surface area contributed by atoms with Gasteiger partial charge in [-0.15, -0.1) is 5.10 Å². The number of nitrogens with zero attached hydrogens (tertiary/aromatic N) is 3. The zero-order valence-corrected chi connectivity index (χ0v) is 9.82. The van der Waals surface area contributed by atoms with Crippen LogP contribution in [-0.2, 0) is 0 Å². The molecule has 0 aliphatic heterocycles. The second-order valence-electron chi connectivity index (χ2n) is 4.26. The molecule has 1 N–H and O–H groups in total. The van der Waals surface area contributed by atoms with Gasteiger partial charge in [0.25, 0.3) is 0 Å². The largest absolute Gasteiger partial charge is 0.508 e. The van der Waals surface area contributed by atoms with E-state index in [0.717, 1.165) is 16.7 Å². The number of benzene rings is 2. The van der Waals surface area contributed by atoms with Crippen molar-refractivity contribution in [3.8, 4) is 17.1 Å². The van der Waals surface area contributed by atoms with E-state index in [0.29, 0.717) is 11.7 Å². The van der Waals surface area contributed by atoms with Crippen LogP contribution in [0.4, 0.5) is 0 Å². The minimum absolute atomic E-state index is 0.224. The predicted octanol–water partition coefficient (Wildman–Crippen LogP) is 2.85. The van der Waals surface area contributed by atoms with Crippen LogP contribution in [0.3, 0.4) is 0 Å². The summed E-state index contributed by atoms with van der Waals surface area (Å²) in [6.45, 7) is 0. The molecule has 0 aliphatic rings. The molecule has 2 aromatic carbocycles. The van der Waals surface area contributed by atoms with Crippen LogP contribution in [0.1, 0.15) is 0 Å². The van der Waals surface area contributed by atoms with Gasteiger partial charge in [-0.25, -0.2) is 4.40 Å². The molecular weight excluding hydrogens is 242 g/mol. The number of oxazole rings is 1. The van der Waals surface area contributed by atoms with E-state index in [1.54, 1.807) is 24.3 Å². The number of phenols is 1. The van der Waals surface area contributed by atoms with Gasteiger partial charge in [0.15, 0.2) is 11.4 Å². The summed E-state index contributed by atoms with van der Waals surface area (Å²) >= 11 is 0. The van der Waals surface area contributed by atoms with E-state index in [-0.39, 0.29) is 5.75 Å². The lowest BCUT2D eigenvalue weighted by molar-refractivity contribution is 0.475. The van der Waals surface area contributed by atoms with E-state index in [4.69, 9.17) is 4.42 Å². The quantitative estimate of drug-likeness (QED) is 0.565. The van der Waals surface area contributed by atoms with Crippen LogP contribution in [0.15, 0.2) is 52.9 Å². The summed E-state index contributed by atoms with van der Waals surface area (Å²) in [6, 6.07) is 14.6. The molecule has 92 valence electrons. The van der Waals surface area contributed by atoms with E-state index in [2.05, 4.69) is 10.2 Å². The number of aromatic hydroxyl groups is 1. The number of hydrogen-bond acceptors (Lipinski definition) is 4. The van der Waals surface area contributed by atoms with Crippen LogP contribution >= 0.6 is 0 Å². The third kappa shape index (κ3) is 1.41. The van der Waals surface area contributed by atoms with Crippen molar-refractivity contribution in [2.24, 2.45) is 0 Å². The van der Waals surface area contributed by atoms with Crippen LogP contribution in [0.25, 0.3) is 28.3 Å². The molecule has 0 unspecified atom stereocenters. The standard InChI is InChI=1S/C14H9N3O2/c18-10-7-5-9(6-8-10)13-15-16-14-17(13)11-3-1-2-4-12(11)19-14/h1-8,18H. The zero-order valence-electron chi connectivity index (χ0n) is 9.82. The molecule has 0 bridgehead atoms. The second kappa shape index (κ2) is 3.58. The van der Waals surface area contributed by atoms with Gasteiger partial charge in [0.05, 0.1) is 5.52 Å². The Morgan fingerprint density at radius 3 is 2.58 bits per heavy atom. The fraction of sp³-hybridized carbons (Fsp3) is 0. The minimum atomic E-state index is 0.224. The van der Waals surface area contributed by atoms with Crippen molar-refractivity contribution in [3.63, 3.8) is 0 Å². The van der Waals surface area contributed by atoms with Crippen LogP contribution in [0.5, 0.6) is 5.75 Å². The highest BCUT2D eigenvalue weighted by atomic mass is 16.4. The van der Waals surface area contributed by atoms with Crippen molar-refractivity contribution in [1.29, 1.82) is 0 Å². The topological polar surface area (TPSA) is 63.6 Å². The van der Waals surface area contributed by atoms with Crippen molar-refractivity contribution in [3.05, 3.63) is 48.5 Å². The van der Waals surface area contributed by atoms with Gasteiger partial charge in [-0.05, 0) is 36.4 Å². The Kier molecular flexibility index (Phi) is 1.91. The molecule has 2 aromatic heterocycles. The van der Waals surface area contributed by atoms with Crippen LogP contribution in [0.2, 0.25) is 0 Å². The van der Waals surface area contributed by atoms with Crippen LogP contribution in [-0.4, -0.2) is 19.7 Å². The Morgan fingerprint density at radius 1 is 0.947 bits per heavy atom. The lowest BCUT2D eigenvalue weighted by Gasteiger charge is -1.98. The van der Waals surface area contributed by atoms with Gasteiger partial charge in [-0.3, -0.25) is 0 Å². The van der Waals surface area contributed by atoms with Gasteiger partial charge in [-0.2, -0.15) is 0 Å². The maximum Gasteiger partial charge on any atom is 0.327 e. The molecule has 5 nitrogen and oxygen atoms in total. The first-order chi connectivity index (χ1) is 9.33. The molecule has 0 saturated heterocycles. The average Bonchev–Trinajstić information content (AvgIpc) is 2.98. The van der Waals surface area contributed by atoms with Crippen molar-refractivity contribution in [2.45, 2.75) is 0 Å². The first kappa shape index (κ1) is 10.1. The molecule has 4 rings (SSSR count). The SMILES string of the molecule is Oc1ccc(-c2nnc3oc4ccccc4n23)cc1. The molecule has 4 aromatic rings. The summed E-state index contributed by atoms with van der Waals surface area (Å²) in [4.78, 5) is 0. The van der Waals surface area contributed by atoms with Crippen LogP contribution in [0, 0.1) is 0 Å². The van der Waals surface area contributed by atoms with E-state index in [1.165, 1.54) is 0 Å². The maximum atomic E-state index is 9.34. The Hall–Kier alpha value is -2.82. The number of phenolic OH excluding ortho intramolecular Hbond substituents is 1. The number of fused-ring (bicyclic) bond motifs is 3. The normalized spacial score (nSPS) is 11.4. The number of aromatic nitrogens is 3. The van der Waals surface area contributed by atoms with E-state index in [1.807, 2.05) is 28.7 Å². The molecule has 0 aliphatic carbocycles. The molecule has 5 heteroatoms. The number of para-hydroxylation sites is 2. The first-order valence-electron chi connectivity index (χ1n) is 5.85. The molecular formula is C14H9N3O2. The molecule has 0 amide bonds. The van der Waals surface area contributed by atoms with E-state index in [9.17, 15) is 5.11 Å². The second-order valence-corrected chi connectivity index (χ2v) is 4.26. The van der Waals surface area contributed by atoms with Gasteiger partial charge < -0.3 is 9.52 Å². The highest BCUT2D eigenvalue weighted by Gasteiger charge is 2.14. The predicted molar refractivity (Wildman–Crippen MR) is 69.9 cm³/mol. The highest BCUT2D eigenvalue weighted by Crippen LogP contribution is 2.26.